The monoisotopic (exact) mass is 220 g/mol. The molecule has 0 bridgehead atoms. The van der Waals surface area contributed by atoms with Gasteiger partial charge in [-0.25, -0.2) is 4.39 Å². The van der Waals surface area contributed by atoms with Crippen LogP contribution in [0.15, 0.2) is 18.2 Å². The van der Waals surface area contributed by atoms with Crippen molar-refractivity contribution in [2.24, 2.45) is 0 Å². The number of hydrogen-bond acceptors (Lipinski definition) is 1. The lowest BCUT2D eigenvalue weighted by molar-refractivity contribution is -0.119. The third kappa shape index (κ3) is 2.49. The van der Waals surface area contributed by atoms with Crippen LogP contribution in [-0.2, 0) is 4.79 Å². The van der Waals surface area contributed by atoms with Gasteiger partial charge in [-0.15, -0.1) is 0 Å². The summed E-state index contributed by atoms with van der Waals surface area (Å²) in [5.74, 6) is 0.391. The molecule has 1 aromatic carbocycles. The Kier molecular flexibility index (Phi) is 3.37. The zero-order valence-electron chi connectivity index (χ0n) is 9.63. The summed E-state index contributed by atoms with van der Waals surface area (Å²) in [5.41, 5.74) is 1.65. The summed E-state index contributed by atoms with van der Waals surface area (Å²) in [7, 11) is 0. The molecule has 86 valence electrons. The van der Waals surface area contributed by atoms with Gasteiger partial charge in [-0.05, 0) is 42.9 Å². The van der Waals surface area contributed by atoms with Crippen LogP contribution in [0, 0.1) is 12.7 Å². The van der Waals surface area contributed by atoms with E-state index in [-0.39, 0.29) is 11.7 Å². The van der Waals surface area contributed by atoms with Crippen LogP contribution in [0.4, 0.5) is 4.39 Å². The first-order valence-electron chi connectivity index (χ1n) is 5.94. The Morgan fingerprint density at radius 3 is 2.88 bits per heavy atom. The summed E-state index contributed by atoms with van der Waals surface area (Å²) in [6.45, 7) is 1.76. The first kappa shape index (κ1) is 11.3. The Bertz CT molecular complexity index is 398. The standard InChI is InChI=1S/C14H17FO/c1-10-6-7-12(9-14(10)15)11-4-2-3-5-13(16)8-11/h6-7,9,11H,2-5,8H2,1H3. The summed E-state index contributed by atoms with van der Waals surface area (Å²) in [6, 6.07) is 5.36. The lowest BCUT2D eigenvalue weighted by atomic mass is 9.91. The van der Waals surface area contributed by atoms with Crippen molar-refractivity contribution in [2.45, 2.75) is 44.9 Å². The van der Waals surface area contributed by atoms with Gasteiger partial charge < -0.3 is 0 Å². The maximum atomic E-state index is 13.4. The van der Waals surface area contributed by atoms with Crippen molar-refractivity contribution in [3.8, 4) is 0 Å². The summed E-state index contributed by atoms with van der Waals surface area (Å²) in [4.78, 5) is 11.5. The van der Waals surface area contributed by atoms with E-state index in [4.69, 9.17) is 0 Å². The van der Waals surface area contributed by atoms with E-state index in [1.165, 1.54) is 0 Å². The van der Waals surface area contributed by atoms with Gasteiger partial charge in [0, 0.05) is 12.8 Å². The Balaban J connectivity index is 2.21. The zero-order valence-corrected chi connectivity index (χ0v) is 9.63. The number of aryl methyl sites for hydroxylation is 1. The molecule has 0 amide bonds. The number of ketones is 1. The molecular formula is C14H17FO. The smallest absolute Gasteiger partial charge is 0.133 e. The first-order chi connectivity index (χ1) is 7.66. The van der Waals surface area contributed by atoms with Crippen LogP contribution in [-0.4, -0.2) is 5.78 Å². The number of hydrogen-bond donors (Lipinski definition) is 0. The molecular weight excluding hydrogens is 203 g/mol. The maximum absolute atomic E-state index is 13.4. The lowest BCUT2D eigenvalue weighted by Gasteiger charge is -2.14. The molecule has 1 nitrogen and oxygen atoms in total. The summed E-state index contributed by atoms with van der Waals surface area (Å²) in [5, 5.41) is 0. The van der Waals surface area contributed by atoms with Gasteiger partial charge in [0.1, 0.15) is 11.6 Å². The molecule has 0 aliphatic heterocycles. The molecule has 0 heterocycles. The highest BCUT2D eigenvalue weighted by Crippen LogP contribution is 2.30. The molecule has 0 aromatic heterocycles. The topological polar surface area (TPSA) is 17.1 Å². The van der Waals surface area contributed by atoms with Crippen molar-refractivity contribution >= 4 is 5.78 Å². The minimum Gasteiger partial charge on any atom is -0.300 e. The van der Waals surface area contributed by atoms with Gasteiger partial charge in [0.15, 0.2) is 0 Å². The highest BCUT2D eigenvalue weighted by Gasteiger charge is 2.19. The molecule has 1 unspecified atom stereocenters. The van der Waals surface area contributed by atoms with Crippen LogP contribution >= 0.6 is 0 Å². The number of benzene rings is 1. The molecule has 0 saturated heterocycles. The Labute approximate surface area is 95.7 Å². The molecule has 2 rings (SSSR count). The minimum absolute atomic E-state index is 0.158. The van der Waals surface area contributed by atoms with E-state index in [0.29, 0.717) is 24.2 Å². The van der Waals surface area contributed by atoms with Crippen molar-refractivity contribution in [3.63, 3.8) is 0 Å². The highest BCUT2D eigenvalue weighted by atomic mass is 19.1. The molecule has 16 heavy (non-hydrogen) atoms. The molecule has 0 N–H and O–H groups in total. The third-order valence-corrected chi connectivity index (χ3v) is 3.40. The highest BCUT2D eigenvalue weighted by molar-refractivity contribution is 5.79. The molecule has 2 heteroatoms. The zero-order chi connectivity index (χ0) is 11.5. The van der Waals surface area contributed by atoms with E-state index in [1.54, 1.807) is 19.1 Å². The summed E-state index contributed by atoms with van der Waals surface area (Å²) >= 11 is 0. The Morgan fingerprint density at radius 2 is 2.12 bits per heavy atom. The van der Waals surface area contributed by atoms with E-state index in [9.17, 15) is 9.18 Å². The van der Waals surface area contributed by atoms with E-state index in [2.05, 4.69) is 0 Å². The number of carbonyl (C=O) groups is 1. The molecule has 1 fully saturated rings. The number of carbonyl (C=O) groups excluding carboxylic acids is 1. The van der Waals surface area contributed by atoms with Crippen molar-refractivity contribution in [1.29, 1.82) is 0 Å². The Hall–Kier alpha value is -1.18. The van der Waals surface area contributed by atoms with Crippen LogP contribution in [0.25, 0.3) is 0 Å². The van der Waals surface area contributed by atoms with Gasteiger partial charge in [-0.2, -0.15) is 0 Å². The predicted octanol–water partition coefficient (Wildman–Crippen LogP) is 3.75. The molecule has 1 aliphatic carbocycles. The van der Waals surface area contributed by atoms with Gasteiger partial charge in [0.05, 0.1) is 0 Å². The van der Waals surface area contributed by atoms with Crippen LogP contribution < -0.4 is 0 Å². The molecule has 1 saturated carbocycles. The van der Waals surface area contributed by atoms with E-state index in [1.807, 2.05) is 6.07 Å². The van der Waals surface area contributed by atoms with E-state index in [0.717, 1.165) is 24.8 Å². The average molecular weight is 220 g/mol. The molecule has 1 aromatic rings. The van der Waals surface area contributed by atoms with E-state index >= 15 is 0 Å². The largest absolute Gasteiger partial charge is 0.300 e. The fraction of sp³-hybridized carbons (Fsp3) is 0.500. The van der Waals surface area contributed by atoms with Gasteiger partial charge in [-0.1, -0.05) is 18.6 Å². The Morgan fingerprint density at radius 1 is 1.31 bits per heavy atom. The van der Waals surface area contributed by atoms with Gasteiger partial charge >= 0.3 is 0 Å². The molecule has 0 radical (unpaired) electrons. The number of Topliss-reactive ketones (excluding diaryl/α,β-unsaturated/α-hetero) is 1. The summed E-state index contributed by atoms with van der Waals surface area (Å²) < 4.78 is 13.4. The van der Waals surface area contributed by atoms with Crippen molar-refractivity contribution in [2.75, 3.05) is 0 Å². The fourth-order valence-electron chi connectivity index (χ4n) is 2.34. The van der Waals surface area contributed by atoms with Gasteiger partial charge in [0.25, 0.3) is 0 Å². The van der Waals surface area contributed by atoms with Crippen LogP contribution in [0.2, 0.25) is 0 Å². The normalized spacial score (nSPS) is 21.9. The van der Waals surface area contributed by atoms with Crippen LogP contribution in [0.3, 0.4) is 0 Å². The predicted molar refractivity (Wildman–Crippen MR) is 62.0 cm³/mol. The van der Waals surface area contributed by atoms with Crippen molar-refractivity contribution in [3.05, 3.63) is 35.1 Å². The first-order valence-corrected chi connectivity index (χ1v) is 5.94. The second-order valence-corrected chi connectivity index (χ2v) is 4.69. The minimum atomic E-state index is -0.158. The van der Waals surface area contributed by atoms with Crippen molar-refractivity contribution < 1.29 is 9.18 Å². The van der Waals surface area contributed by atoms with Crippen LogP contribution in [0.1, 0.15) is 49.1 Å². The quantitative estimate of drug-likeness (QED) is 0.659. The third-order valence-electron chi connectivity index (χ3n) is 3.40. The molecule has 1 aliphatic rings. The van der Waals surface area contributed by atoms with Crippen LogP contribution in [0.5, 0.6) is 0 Å². The second kappa shape index (κ2) is 4.77. The lowest BCUT2D eigenvalue weighted by Crippen LogP contribution is -2.04. The van der Waals surface area contributed by atoms with Crippen molar-refractivity contribution in [1.82, 2.24) is 0 Å². The molecule has 1 atom stereocenters. The van der Waals surface area contributed by atoms with Gasteiger partial charge in [-0.3, -0.25) is 4.79 Å². The number of halogens is 1. The fourth-order valence-corrected chi connectivity index (χ4v) is 2.34. The summed E-state index contributed by atoms with van der Waals surface area (Å²) in [6.07, 6.45) is 4.36. The van der Waals surface area contributed by atoms with Gasteiger partial charge in [0.2, 0.25) is 0 Å². The van der Waals surface area contributed by atoms with E-state index < -0.39 is 0 Å². The average Bonchev–Trinajstić information content (AvgIpc) is 2.47. The SMILES string of the molecule is Cc1ccc(C2CCCCC(=O)C2)cc1F. The number of rotatable bonds is 1. The maximum Gasteiger partial charge on any atom is 0.133 e. The second-order valence-electron chi connectivity index (χ2n) is 4.69. The molecule has 0 spiro atoms.